The molecule has 0 amide bonds. The van der Waals surface area contributed by atoms with Gasteiger partial charge in [-0.05, 0) is 44.7 Å². The first kappa shape index (κ1) is 23.5. The average Bonchev–Trinajstić information content (AvgIpc) is 3.20. The van der Waals surface area contributed by atoms with Gasteiger partial charge in [-0.2, -0.15) is 9.40 Å². The molecule has 1 aliphatic rings. The molecule has 8 heteroatoms. The van der Waals surface area contributed by atoms with Crippen LogP contribution in [-0.2, 0) is 29.5 Å². The number of hydrogen-bond donors (Lipinski definition) is 0. The monoisotopic (exact) mass is 468 g/mol. The number of para-hydroxylation sites is 2. The van der Waals surface area contributed by atoms with Gasteiger partial charge >= 0.3 is 0 Å². The van der Waals surface area contributed by atoms with Crippen LogP contribution in [0.3, 0.4) is 0 Å². The highest BCUT2D eigenvalue weighted by molar-refractivity contribution is 7.89. The molecule has 7 nitrogen and oxygen atoms in total. The Labute approximate surface area is 196 Å². The number of aromatic nitrogens is 2. The summed E-state index contributed by atoms with van der Waals surface area (Å²) in [4.78, 5) is 2.66. The number of likely N-dealkylation sites (N-methyl/N-ethyl adjacent to an activating group) is 1. The molecule has 0 unspecified atom stereocenters. The summed E-state index contributed by atoms with van der Waals surface area (Å²) in [7, 11) is -2.01. The minimum atomic E-state index is -3.67. The van der Waals surface area contributed by atoms with Crippen molar-refractivity contribution in [1.82, 2.24) is 19.0 Å². The van der Waals surface area contributed by atoms with Crippen LogP contribution in [0.25, 0.3) is 5.69 Å². The summed E-state index contributed by atoms with van der Waals surface area (Å²) in [6.07, 6.45) is 0.849. The predicted molar refractivity (Wildman–Crippen MR) is 129 cm³/mol. The maximum atomic E-state index is 13.5. The van der Waals surface area contributed by atoms with Crippen LogP contribution in [0.1, 0.15) is 37.7 Å². The predicted octanol–water partition coefficient (Wildman–Crippen LogP) is 3.86. The summed E-state index contributed by atoms with van der Waals surface area (Å²) in [5.74, 6) is 0.741. The van der Waals surface area contributed by atoms with Gasteiger partial charge in [-0.25, -0.2) is 13.1 Å². The zero-order chi connectivity index (χ0) is 23.6. The molecular weight excluding hydrogens is 436 g/mol. The summed E-state index contributed by atoms with van der Waals surface area (Å²) in [6, 6.07) is 16.2. The zero-order valence-electron chi connectivity index (χ0n) is 19.7. The molecule has 0 fully saturated rings. The number of methoxy groups -OCH3 is 1. The van der Waals surface area contributed by atoms with Crippen molar-refractivity contribution in [3.63, 3.8) is 0 Å². The summed E-state index contributed by atoms with van der Waals surface area (Å²) in [6.45, 7) is 8.82. The Bertz CT molecular complexity index is 1210. The molecule has 0 N–H and O–H groups in total. The Morgan fingerprint density at radius 2 is 1.79 bits per heavy atom. The second-order valence-electron chi connectivity index (χ2n) is 8.53. The van der Waals surface area contributed by atoms with Crippen molar-refractivity contribution in [3.8, 4) is 11.4 Å². The Kier molecular flexibility index (Phi) is 6.88. The third kappa shape index (κ3) is 4.55. The quantitative estimate of drug-likeness (QED) is 0.502. The minimum Gasteiger partial charge on any atom is -0.494 e. The standard InChI is InChI=1S/C25H32N4O3S/c1-5-27-16-15-23-21(17-27)22(26-29(23)24-13-9-10-14-25(24)32-4)18-28(19(2)3)33(30,31)20-11-7-6-8-12-20/h6-14,19H,5,15-18H2,1-4H3. The fourth-order valence-corrected chi connectivity index (χ4v) is 5.98. The number of benzene rings is 2. The fraction of sp³-hybridized carbons (Fsp3) is 0.400. The lowest BCUT2D eigenvalue weighted by atomic mass is 10.0. The molecule has 0 spiro atoms. The number of hydrogen-bond acceptors (Lipinski definition) is 5. The summed E-state index contributed by atoms with van der Waals surface area (Å²) >= 11 is 0. The van der Waals surface area contributed by atoms with E-state index in [1.807, 2.05) is 48.9 Å². The first-order valence-electron chi connectivity index (χ1n) is 11.4. The molecule has 2 aromatic carbocycles. The Hall–Kier alpha value is -2.68. The molecule has 0 saturated carbocycles. The van der Waals surface area contributed by atoms with Crippen molar-refractivity contribution in [3.05, 3.63) is 71.5 Å². The van der Waals surface area contributed by atoms with E-state index in [0.717, 1.165) is 54.4 Å². The molecular formula is C25H32N4O3S. The molecule has 2 heterocycles. The van der Waals surface area contributed by atoms with Gasteiger partial charge in [-0.15, -0.1) is 0 Å². The summed E-state index contributed by atoms with van der Waals surface area (Å²) in [5.41, 5.74) is 3.90. The molecule has 1 aromatic heterocycles. The van der Waals surface area contributed by atoms with Crippen LogP contribution in [0.4, 0.5) is 0 Å². The highest BCUT2D eigenvalue weighted by atomic mass is 32.2. The number of nitrogens with zero attached hydrogens (tertiary/aromatic N) is 4. The molecule has 1 aliphatic heterocycles. The lowest BCUT2D eigenvalue weighted by molar-refractivity contribution is 0.263. The molecule has 33 heavy (non-hydrogen) atoms. The Morgan fingerprint density at radius 1 is 1.09 bits per heavy atom. The van der Waals surface area contributed by atoms with Gasteiger partial charge in [0.15, 0.2) is 0 Å². The number of sulfonamides is 1. The van der Waals surface area contributed by atoms with Gasteiger partial charge in [0.25, 0.3) is 0 Å². The minimum absolute atomic E-state index is 0.215. The Balaban J connectivity index is 1.81. The van der Waals surface area contributed by atoms with Crippen LogP contribution in [-0.4, -0.2) is 53.6 Å². The van der Waals surface area contributed by atoms with E-state index in [4.69, 9.17) is 9.84 Å². The number of rotatable bonds is 8. The maximum Gasteiger partial charge on any atom is 0.243 e. The van der Waals surface area contributed by atoms with Crippen LogP contribution in [0, 0.1) is 0 Å². The van der Waals surface area contributed by atoms with Crippen molar-refractivity contribution in [2.75, 3.05) is 20.2 Å². The van der Waals surface area contributed by atoms with Crippen molar-refractivity contribution >= 4 is 10.0 Å². The normalized spacial score (nSPS) is 14.6. The van der Waals surface area contributed by atoms with Crippen molar-refractivity contribution in [2.45, 2.75) is 51.2 Å². The van der Waals surface area contributed by atoms with Crippen LogP contribution < -0.4 is 4.74 Å². The highest BCUT2D eigenvalue weighted by Gasteiger charge is 2.32. The first-order valence-corrected chi connectivity index (χ1v) is 12.8. The molecule has 176 valence electrons. The number of fused-ring (bicyclic) bond motifs is 1. The van der Waals surface area contributed by atoms with Crippen molar-refractivity contribution in [2.24, 2.45) is 0 Å². The number of ether oxygens (including phenoxy) is 1. The van der Waals surface area contributed by atoms with Gasteiger partial charge < -0.3 is 4.74 Å². The lowest BCUT2D eigenvalue weighted by Gasteiger charge is -2.28. The van der Waals surface area contributed by atoms with Crippen LogP contribution >= 0.6 is 0 Å². The van der Waals surface area contributed by atoms with Crippen molar-refractivity contribution in [1.29, 1.82) is 0 Å². The summed E-state index contributed by atoms with van der Waals surface area (Å²) in [5, 5.41) is 4.97. The van der Waals surface area contributed by atoms with Crippen molar-refractivity contribution < 1.29 is 13.2 Å². The molecule has 0 aliphatic carbocycles. The second kappa shape index (κ2) is 9.67. The van der Waals surface area contributed by atoms with Gasteiger partial charge in [0.2, 0.25) is 10.0 Å². The summed E-state index contributed by atoms with van der Waals surface area (Å²) < 4.78 is 36.1. The SMILES string of the molecule is CCN1CCc2c(c(CN(C(C)C)S(=O)(=O)c3ccccc3)nn2-c2ccccc2OC)C1. The van der Waals surface area contributed by atoms with Gasteiger partial charge in [-0.1, -0.05) is 37.3 Å². The molecule has 4 rings (SSSR count). The van der Waals surface area contributed by atoms with E-state index in [2.05, 4.69) is 11.8 Å². The molecule has 3 aromatic rings. The molecule has 0 saturated heterocycles. The van der Waals surface area contributed by atoms with Crippen LogP contribution in [0.15, 0.2) is 59.5 Å². The van der Waals surface area contributed by atoms with E-state index in [-0.39, 0.29) is 12.6 Å². The van der Waals surface area contributed by atoms with E-state index in [9.17, 15) is 8.42 Å². The molecule has 0 radical (unpaired) electrons. The van der Waals surface area contributed by atoms with E-state index >= 15 is 0 Å². The lowest BCUT2D eigenvalue weighted by Crippen LogP contribution is -2.37. The van der Waals surface area contributed by atoms with Crippen LogP contribution in [0.2, 0.25) is 0 Å². The molecule has 0 bridgehead atoms. The second-order valence-corrected chi connectivity index (χ2v) is 10.4. The van der Waals surface area contributed by atoms with E-state index < -0.39 is 10.0 Å². The zero-order valence-corrected chi connectivity index (χ0v) is 20.5. The van der Waals surface area contributed by atoms with Crippen LogP contribution in [0.5, 0.6) is 5.75 Å². The largest absolute Gasteiger partial charge is 0.494 e. The smallest absolute Gasteiger partial charge is 0.243 e. The van der Waals surface area contributed by atoms with Gasteiger partial charge in [-0.3, -0.25) is 4.90 Å². The Morgan fingerprint density at radius 3 is 2.45 bits per heavy atom. The van der Waals surface area contributed by atoms with Gasteiger partial charge in [0.05, 0.1) is 29.9 Å². The van der Waals surface area contributed by atoms with Gasteiger partial charge in [0.1, 0.15) is 11.4 Å². The topological polar surface area (TPSA) is 67.7 Å². The van der Waals surface area contributed by atoms with Gasteiger partial charge in [0, 0.05) is 31.1 Å². The van der Waals surface area contributed by atoms with E-state index in [0.29, 0.717) is 4.90 Å². The fourth-order valence-electron chi connectivity index (χ4n) is 4.36. The first-order chi connectivity index (χ1) is 15.9. The molecule has 0 atom stereocenters. The average molecular weight is 469 g/mol. The maximum absolute atomic E-state index is 13.5. The van der Waals surface area contributed by atoms with E-state index in [1.165, 1.54) is 0 Å². The highest BCUT2D eigenvalue weighted by Crippen LogP contribution is 2.31. The third-order valence-electron chi connectivity index (χ3n) is 6.21. The van der Waals surface area contributed by atoms with E-state index in [1.54, 1.807) is 35.7 Å². The third-order valence-corrected chi connectivity index (χ3v) is 8.25.